The Balaban J connectivity index is 1.43. The molecule has 2 atom stereocenters. The zero-order valence-corrected chi connectivity index (χ0v) is 29.6. The molecular formula is C36H43N7O5S. The Hall–Kier alpha value is -4.62. The summed E-state index contributed by atoms with van der Waals surface area (Å²) in [6.07, 6.45) is 4.62. The van der Waals surface area contributed by atoms with E-state index in [0.717, 1.165) is 22.4 Å². The SMILES string of the molecule is Cc1cccc(C)c1-c1cc2nc(n1)NS(=O)(=O)c1cccc(c1)C(=O)N(Cc1ncc(N3CC[C@](C)(O)C3)cn1)[C@H](CC(C)(C)C)CO2. The van der Waals surface area contributed by atoms with Crippen LogP contribution in [0.25, 0.3) is 11.3 Å². The maximum Gasteiger partial charge on any atom is 0.264 e. The molecule has 6 rings (SSSR count). The van der Waals surface area contributed by atoms with Crippen molar-refractivity contribution in [2.24, 2.45) is 5.41 Å². The minimum atomic E-state index is -4.19. The lowest BCUT2D eigenvalue weighted by Gasteiger charge is -2.35. The number of carbonyl (C=O) groups excluding carboxylic acids is 1. The van der Waals surface area contributed by atoms with Crippen molar-refractivity contribution in [1.29, 1.82) is 0 Å². The average Bonchev–Trinajstić information content (AvgIpc) is 3.40. The first kappa shape index (κ1) is 34.3. The molecule has 13 heteroatoms. The number of fused-ring (bicyclic) bond motifs is 4. The molecular weight excluding hydrogens is 643 g/mol. The second kappa shape index (κ2) is 13.0. The van der Waals surface area contributed by atoms with Crippen LogP contribution in [0, 0.1) is 19.3 Å². The third-order valence-electron chi connectivity index (χ3n) is 8.85. The number of hydrogen-bond acceptors (Lipinski definition) is 10. The largest absolute Gasteiger partial charge is 0.475 e. The van der Waals surface area contributed by atoms with Crippen molar-refractivity contribution < 1.29 is 23.1 Å². The summed E-state index contributed by atoms with van der Waals surface area (Å²) in [6, 6.07) is 13.1. The van der Waals surface area contributed by atoms with Crippen LogP contribution in [0.15, 0.2) is 65.8 Å². The molecule has 2 aliphatic rings. The Kier molecular flexibility index (Phi) is 9.10. The van der Waals surface area contributed by atoms with Crippen LogP contribution in [0.2, 0.25) is 0 Å². The molecule has 258 valence electrons. The maximum atomic E-state index is 14.4. The lowest BCUT2D eigenvalue weighted by atomic mass is 9.87. The van der Waals surface area contributed by atoms with Crippen LogP contribution in [0.5, 0.6) is 5.88 Å². The van der Waals surface area contributed by atoms with Crippen LogP contribution in [0.1, 0.15) is 67.8 Å². The molecule has 0 saturated carbocycles. The lowest BCUT2D eigenvalue weighted by Crippen LogP contribution is -2.45. The van der Waals surface area contributed by atoms with Gasteiger partial charge >= 0.3 is 0 Å². The highest BCUT2D eigenvalue weighted by Gasteiger charge is 2.34. The first-order valence-corrected chi connectivity index (χ1v) is 17.9. The smallest absolute Gasteiger partial charge is 0.264 e. The highest BCUT2D eigenvalue weighted by atomic mass is 32.2. The quantitative estimate of drug-likeness (QED) is 0.289. The summed E-state index contributed by atoms with van der Waals surface area (Å²) >= 11 is 0. The van der Waals surface area contributed by atoms with E-state index in [-0.39, 0.29) is 46.8 Å². The fourth-order valence-corrected chi connectivity index (χ4v) is 7.45. The highest BCUT2D eigenvalue weighted by Crippen LogP contribution is 2.32. The molecule has 1 saturated heterocycles. The molecule has 0 radical (unpaired) electrons. The fourth-order valence-electron chi connectivity index (χ4n) is 6.46. The standard InChI is InChI=1S/C36H43N7O5S/c1-23-9-7-10-24(2)32(23)29-16-31-40-34(39-29)41-49(46,47)28-12-8-11-25(15-28)33(44)43(26(21-48-31)17-35(3,4)5)20-30-37-18-27(19-38-30)42-14-13-36(6,45)22-42/h7-12,15-16,18-19,26,45H,13-14,17,20-22H2,1-6H3,(H,39,40,41)/t26-,36+/m1/s1. The van der Waals surface area contributed by atoms with E-state index >= 15 is 0 Å². The molecule has 2 N–H and O–H groups in total. The van der Waals surface area contributed by atoms with E-state index in [9.17, 15) is 18.3 Å². The van der Waals surface area contributed by atoms with Gasteiger partial charge in [-0.05, 0) is 68.4 Å². The van der Waals surface area contributed by atoms with E-state index in [4.69, 9.17) is 4.74 Å². The van der Waals surface area contributed by atoms with Crippen LogP contribution < -0.4 is 14.4 Å². The molecule has 2 aromatic carbocycles. The zero-order chi connectivity index (χ0) is 35.1. The van der Waals surface area contributed by atoms with E-state index in [1.54, 1.807) is 35.5 Å². The Labute approximate surface area is 287 Å². The van der Waals surface area contributed by atoms with Gasteiger partial charge in [0.05, 0.1) is 46.9 Å². The number of ether oxygens (including phenoxy) is 1. The number of amides is 1. The van der Waals surface area contributed by atoms with Gasteiger partial charge in [-0.15, -0.1) is 0 Å². The van der Waals surface area contributed by atoms with Crippen LogP contribution in [0.3, 0.4) is 0 Å². The molecule has 0 unspecified atom stereocenters. The van der Waals surface area contributed by atoms with Crippen molar-refractivity contribution >= 4 is 27.6 Å². The summed E-state index contributed by atoms with van der Waals surface area (Å²) in [5, 5.41) is 10.4. The number of rotatable bonds is 5. The van der Waals surface area contributed by atoms with Gasteiger partial charge in [-0.25, -0.2) is 28.1 Å². The van der Waals surface area contributed by atoms with Gasteiger partial charge < -0.3 is 19.6 Å². The van der Waals surface area contributed by atoms with Crippen molar-refractivity contribution in [3.05, 3.63) is 83.4 Å². The number of benzene rings is 2. The summed E-state index contributed by atoms with van der Waals surface area (Å²) in [6.45, 7) is 13.3. The first-order valence-electron chi connectivity index (χ1n) is 16.4. The number of anilines is 2. The van der Waals surface area contributed by atoms with Gasteiger partial charge in [0, 0.05) is 30.3 Å². The minimum Gasteiger partial charge on any atom is -0.475 e. The van der Waals surface area contributed by atoms with Gasteiger partial charge in [0.1, 0.15) is 12.4 Å². The van der Waals surface area contributed by atoms with Gasteiger partial charge in [0.2, 0.25) is 11.8 Å². The Morgan fingerprint density at radius 3 is 2.39 bits per heavy atom. The molecule has 2 aliphatic heterocycles. The van der Waals surface area contributed by atoms with E-state index in [1.807, 2.05) is 43.9 Å². The summed E-state index contributed by atoms with van der Waals surface area (Å²) in [4.78, 5) is 36.3. The highest BCUT2D eigenvalue weighted by molar-refractivity contribution is 7.92. The monoisotopic (exact) mass is 685 g/mol. The molecule has 4 bridgehead atoms. The van der Waals surface area contributed by atoms with E-state index in [0.29, 0.717) is 37.4 Å². The topological polar surface area (TPSA) is 151 Å². The number of nitrogens with zero attached hydrogens (tertiary/aromatic N) is 6. The molecule has 0 aliphatic carbocycles. The normalized spacial score (nSPS) is 20.9. The van der Waals surface area contributed by atoms with Crippen molar-refractivity contribution in [2.75, 3.05) is 29.3 Å². The van der Waals surface area contributed by atoms with Gasteiger partial charge in [-0.3, -0.25) is 4.79 Å². The van der Waals surface area contributed by atoms with Gasteiger partial charge in [-0.1, -0.05) is 45.0 Å². The molecule has 0 spiro atoms. The molecule has 4 aromatic rings. The number of aromatic nitrogens is 4. The number of β-amino-alcohol motifs (C(OH)–C–C–N with tert-alkyl or cyclic N) is 1. The number of sulfonamides is 1. The van der Waals surface area contributed by atoms with Crippen LogP contribution in [0.4, 0.5) is 11.6 Å². The van der Waals surface area contributed by atoms with E-state index in [2.05, 4.69) is 45.4 Å². The number of carbonyl (C=O) groups is 1. The molecule has 4 heterocycles. The summed E-state index contributed by atoms with van der Waals surface area (Å²) in [5.74, 6) is 0.0675. The predicted octanol–water partition coefficient (Wildman–Crippen LogP) is 5.15. The Morgan fingerprint density at radius 2 is 1.73 bits per heavy atom. The van der Waals surface area contributed by atoms with Gasteiger partial charge in [0.15, 0.2) is 0 Å². The molecule has 1 amide bonds. The van der Waals surface area contributed by atoms with Crippen LogP contribution in [-0.2, 0) is 16.6 Å². The maximum absolute atomic E-state index is 14.4. The molecule has 1 fully saturated rings. The average molecular weight is 686 g/mol. The molecule has 12 nitrogen and oxygen atoms in total. The second-order valence-corrected chi connectivity index (χ2v) is 16.2. The predicted molar refractivity (Wildman–Crippen MR) is 187 cm³/mol. The molecule has 2 aromatic heterocycles. The van der Waals surface area contributed by atoms with Crippen LogP contribution in [-0.4, -0.2) is 75.6 Å². The van der Waals surface area contributed by atoms with E-state index < -0.39 is 21.7 Å². The summed E-state index contributed by atoms with van der Waals surface area (Å²) in [7, 11) is -4.19. The van der Waals surface area contributed by atoms with Gasteiger partial charge in [0.25, 0.3) is 15.9 Å². The Morgan fingerprint density at radius 1 is 1.04 bits per heavy atom. The number of aliphatic hydroxyl groups is 1. The number of nitrogens with one attached hydrogen (secondary N) is 1. The number of hydrogen-bond donors (Lipinski definition) is 2. The van der Waals surface area contributed by atoms with E-state index in [1.165, 1.54) is 12.1 Å². The zero-order valence-electron chi connectivity index (χ0n) is 28.8. The summed E-state index contributed by atoms with van der Waals surface area (Å²) < 4.78 is 36.2. The van der Waals surface area contributed by atoms with Gasteiger partial charge in [-0.2, -0.15) is 4.98 Å². The van der Waals surface area contributed by atoms with Crippen molar-refractivity contribution in [3.8, 4) is 17.1 Å². The van der Waals surface area contributed by atoms with Crippen LogP contribution >= 0.6 is 0 Å². The molecule has 49 heavy (non-hydrogen) atoms. The van der Waals surface area contributed by atoms with Crippen molar-refractivity contribution in [3.63, 3.8) is 0 Å². The fraction of sp³-hybridized carbons (Fsp3) is 0.417. The first-order chi connectivity index (χ1) is 23.1. The lowest BCUT2D eigenvalue weighted by molar-refractivity contribution is 0.0505. The van der Waals surface area contributed by atoms with Crippen molar-refractivity contribution in [2.45, 2.75) is 77.5 Å². The second-order valence-electron chi connectivity index (χ2n) is 14.5. The third kappa shape index (κ3) is 7.83. The third-order valence-corrected chi connectivity index (χ3v) is 10.2. The minimum absolute atomic E-state index is 0.0544. The number of aryl methyl sites for hydroxylation is 2. The van der Waals surface area contributed by atoms with Crippen molar-refractivity contribution in [1.82, 2.24) is 24.8 Å². The summed E-state index contributed by atoms with van der Waals surface area (Å²) in [5.41, 5.74) is 3.28. The Bertz CT molecular complexity index is 1960.